The summed E-state index contributed by atoms with van der Waals surface area (Å²) in [6, 6.07) is 0. The van der Waals surface area contributed by atoms with Crippen LogP contribution in [-0.2, 0) is 19.3 Å². The standard InChI is InChI=1S/C7H8F4N2O/c8-1-2-13-3-5(4-14)6(12-13)7(9,10)11/h3,14H,1-2,4H2. The topological polar surface area (TPSA) is 38.0 Å². The van der Waals surface area contributed by atoms with Gasteiger partial charge in [0.05, 0.1) is 13.2 Å². The molecule has 0 bridgehead atoms. The number of aromatic nitrogens is 2. The van der Waals surface area contributed by atoms with Gasteiger partial charge in [0, 0.05) is 11.8 Å². The van der Waals surface area contributed by atoms with Crippen molar-refractivity contribution in [2.75, 3.05) is 6.67 Å². The molecular weight excluding hydrogens is 204 g/mol. The van der Waals surface area contributed by atoms with E-state index in [2.05, 4.69) is 5.10 Å². The van der Waals surface area contributed by atoms with E-state index in [9.17, 15) is 17.6 Å². The molecule has 0 saturated heterocycles. The second kappa shape index (κ2) is 3.95. The van der Waals surface area contributed by atoms with Gasteiger partial charge in [0.1, 0.15) is 6.67 Å². The molecule has 1 N–H and O–H groups in total. The minimum atomic E-state index is -4.61. The average Bonchev–Trinajstić information content (AvgIpc) is 2.47. The van der Waals surface area contributed by atoms with Crippen molar-refractivity contribution in [3.8, 4) is 0 Å². The maximum Gasteiger partial charge on any atom is 0.435 e. The van der Waals surface area contributed by atoms with E-state index >= 15 is 0 Å². The Labute approximate surface area is 77.0 Å². The minimum Gasteiger partial charge on any atom is -0.392 e. The van der Waals surface area contributed by atoms with Crippen molar-refractivity contribution >= 4 is 0 Å². The van der Waals surface area contributed by atoms with Gasteiger partial charge in [-0.1, -0.05) is 0 Å². The number of alkyl halides is 4. The van der Waals surface area contributed by atoms with Crippen LogP contribution in [0.5, 0.6) is 0 Å². The second-order valence-corrected chi connectivity index (χ2v) is 2.61. The SMILES string of the molecule is OCc1cn(CCF)nc1C(F)(F)F. The van der Waals surface area contributed by atoms with E-state index in [0.717, 1.165) is 10.9 Å². The maximum absolute atomic E-state index is 12.2. The summed E-state index contributed by atoms with van der Waals surface area (Å²) in [6.45, 7) is -1.81. The lowest BCUT2D eigenvalue weighted by molar-refractivity contribution is -0.142. The van der Waals surface area contributed by atoms with Crippen molar-refractivity contribution in [3.63, 3.8) is 0 Å². The number of halogens is 4. The summed E-state index contributed by atoms with van der Waals surface area (Å²) in [5.74, 6) is 0. The van der Waals surface area contributed by atoms with Crippen LogP contribution in [0.25, 0.3) is 0 Å². The molecule has 0 aliphatic heterocycles. The van der Waals surface area contributed by atoms with Gasteiger partial charge in [-0.2, -0.15) is 18.3 Å². The summed E-state index contributed by atoms with van der Waals surface area (Å²) in [5, 5.41) is 11.7. The van der Waals surface area contributed by atoms with E-state index in [4.69, 9.17) is 5.11 Å². The van der Waals surface area contributed by atoms with Crippen LogP contribution in [0, 0.1) is 0 Å². The molecule has 0 aromatic carbocycles. The Morgan fingerprint density at radius 3 is 2.43 bits per heavy atom. The lowest BCUT2D eigenvalue weighted by Gasteiger charge is -2.03. The largest absolute Gasteiger partial charge is 0.435 e. The molecule has 1 aromatic rings. The van der Waals surface area contributed by atoms with E-state index in [0.29, 0.717) is 0 Å². The third-order valence-electron chi connectivity index (χ3n) is 1.59. The number of aryl methyl sites for hydroxylation is 1. The molecule has 1 rings (SSSR count). The van der Waals surface area contributed by atoms with Crippen LogP contribution < -0.4 is 0 Å². The third-order valence-corrected chi connectivity index (χ3v) is 1.59. The molecule has 7 heteroatoms. The fourth-order valence-electron chi connectivity index (χ4n) is 1.02. The highest BCUT2D eigenvalue weighted by Crippen LogP contribution is 2.30. The zero-order valence-corrected chi connectivity index (χ0v) is 7.05. The Balaban J connectivity index is 3.02. The fourth-order valence-corrected chi connectivity index (χ4v) is 1.02. The van der Waals surface area contributed by atoms with Crippen molar-refractivity contribution in [2.45, 2.75) is 19.3 Å². The van der Waals surface area contributed by atoms with Crippen LogP contribution in [0.1, 0.15) is 11.3 Å². The highest BCUT2D eigenvalue weighted by atomic mass is 19.4. The zero-order valence-electron chi connectivity index (χ0n) is 7.05. The molecule has 3 nitrogen and oxygen atoms in total. The number of aliphatic hydroxyl groups excluding tert-OH is 1. The molecule has 0 saturated carbocycles. The number of rotatable bonds is 3. The molecule has 0 amide bonds. The van der Waals surface area contributed by atoms with Gasteiger partial charge in [0.2, 0.25) is 0 Å². The number of nitrogens with zero attached hydrogens (tertiary/aromatic N) is 2. The van der Waals surface area contributed by atoms with Gasteiger partial charge >= 0.3 is 6.18 Å². The van der Waals surface area contributed by atoms with Crippen molar-refractivity contribution in [1.29, 1.82) is 0 Å². The second-order valence-electron chi connectivity index (χ2n) is 2.61. The molecule has 1 heterocycles. The van der Waals surface area contributed by atoms with Crippen molar-refractivity contribution in [1.82, 2.24) is 9.78 Å². The predicted molar refractivity (Wildman–Crippen MR) is 39.1 cm³/mol. The first-order chi connectivity index (χ1) is 6.49. The first kappa shape index (κ1) is 11.0. The van der Waals surface area contributed by atoms with Gasteiger partial charge in [0.15, 0.2) is 5.69 Å². The van der Waals surface area contributed by atoms with Crippen molar-refractivity contribution in [3.05, 3.63) is 17.5 Å². The molecule has 0 aliphatic rings. The summed E-state index contributed by atoms with van der Waals surface area (Å²) < 4.78 is 49.3. The first-order valence-corrected chi connectivity index (χ1v) is 3.79. The normalized spacial score (nSPS) is 12.1. The molecule has 80 valence electrons. The Kier molecular flexibility index (Phi) is 3.10. The maximum atomic E-state index is 12.2. The molecule has 14 heavy (non-hydrogen) atoms. The van der Waals surface area contributed by atoms with Gasteiger partial charge in [-0.3, -0.25) is 4.68 Å². The van der Waals surface area contributed by atoms with Crippen LogP contribution in [0.4, 0.5) is 17.6 Å². The molecule has 0 spiro atoms. The summed E-state index contributed by atoms with van der Waals surface area (Å²) in [4.78, 5) is 0. The van der Waals surface area contributed by atoms with Crippen LogP contribution in [0.2, 0.25) is 0 Å². The van der Waals surface area contributed by atoms with E-state index in [1.54, 1.807) is 0 Å². The molecule has 0 radical (unpaired) electrons. The lowest BCUT2D eigenvalue weighted by Crippen LogP contribution is -2.10. The zero-order chi connectivity index (χ0) is 10.8. The summed E-state index contributed by atoms with van der Waals surface area (Å²) in [6.07, 6.45) is -3.62. The highest BCUT2D eigenvalue weighted by Gasteiger charge is 2.36. The van der Waals surface area contributed by atoms with Crippen molar-refractivity contribution < 1.29 is 22.7 Å². The summed E-state index contributed by atoms with van der Waals surface area (Å²) in [7, 11) is 0. The first-order valence-electron chi connectivity index (χ1n) is 3.79. The molecular formula is C7H8F4N2O. The average molecular weight is 212 g/mol. The molecule has 0 aliphatic carbocycles. The van der Waals surface area contributed by atoms with Crippen molar-refractivity contribution in [2.24, 2.45) is 0 Å². The van der Waals surface area contributed by atoms with E-state index in [1.807, 2.05) is 0 Å². The van der Waals surface area contributed by atoms with Crippen LogP contribution in [0.3, 0.4) is 0 Å². The molecule has 0 atom stereocenters. The van der Waals surface area contributed by atoms with Gasteiger partial charge in [0.25, 0.3) is 0 Å². The van der Waals surface area contributed by atoms with E-state index in [1.165, 1.54) is 0 Å². The summed E-state index contributed by atoms with van der Waals surface area (Å²) >= 11 is 0. The van der Waals surface area contributed by atoms with Crippen LogP contribution in [0.15, 0.2) is 6.20 Å². The van der Waals surface area contributed by atoms with E-state index < -0.39 is 25.2 Å². The van der Waals surface area contributed by atoms with Gasteiger partial charge in [-0.05, 0) is 0 Å². The monoisotopic (exact) mass is 212 g/mol. The highest BCUT2D eigenvalue weighted by molar-refractivity contribution is 5.18. The Morgan fingerprint density at radius 1 is 1.43 bits per heavy atom. The van der Waals surface area contributed by atoms with E-state index in [-0.39, 0.29) is 12.1 Å². The van der Waals surface area contributed by atoms with Gasteiger partial charge < -0.3 is 5.11 Å². The Bertz CT molecular complexity index is 307. The molecule has 0 unspecified atom stereocenters. The lowest BCUT2D eigenvalue weighted by atomic mass is 10.2. The van der Waals surface area contributed by atoms with Gasteiger partial charge in [-0.25, -0.2) is 4.39 Å². The fraction of sp³-hybridized carbons (Fsp3) is 0.571. The molecule has 0 fully saturated rings. The van der Waals surface area contributed by atoms with Gasteiger partial charge in [-0.15, -0.1) is 0 Å². The minimum absolute atomic E-state index is 0.247. The third kappa shape index (κ3) is 2.22. The summed E-state index contributed by atoms with van der Waals surface area (Å²) in [5.41, 5.74) is -1.50. The number of aliphatic hydroxyl groups is 1. The number of hydrogen-bond donors (Lipinski definition) is 1. The van der Waals surface area contributed by atoms with Crippen LogP contribution >= 0.6 is 0 Å². The molecule has 1 aromatic heterocycles. The predicted octanol–water partition coefficient (Wildman–Crippen LogP) is 1.36. The Morgan fingerprint density at radius 2 is 2.07 bits per heavy atom. The Hall–Kier alpha value is -1.11. The number of hydrogen-bond acceptors (Lipinski definition) is 2. The van der Waals surface area contributed by atoms with Crippen LogP contribution in [-0.4, -0.2) is 21.6 Å². The quantitative estimate of drug-likeness (QED) is 0.768. The smallest absolute Gasteiger partial charge is 0.392 e.